The van der Waals surface area contributed by atoms with E-state index >= 15 is 0 Å². The van der Waals surface area contributed by atoms with Crippen LogP contribution >= 0.6 is 0 Å². The molecule has 1 fully saturated rings. The molecule has 0 saturated heterocycles. The van der Waals surface area contributed by atoms with Crippen molar-refractivity contribution in [3.8, 4) is 11.5 Å². The maximum absolute atomic E-state index is 12.7. The fraction of sp³-hybridized carbons (Fsp3) is 0.533. The van der Waals surface area contributed by atoms with E-state index in [1.165, 1.54) is 0 Å². The molecule has 0 aromatic heterocycles. The van der Waals surface area contributed by atoms with Gasteiger partial charge in [-0.25, -0.2) is 8.78 Å². The molecular formula is C15H19F2N3O2. The Balaban J connectivity index is 1.57. The Morgan fingerprint density at radius 3 is 2.73 bits per heavy atom. The van der Waals surface area contributed by atoms with Gasteiger partial charge in [0.25, 0.3) is 0 Å². The van der Waals surface area contributed by atoms with Crippen LogP contribution in [0.4, 0.5) is 14.5 Å². The third-order valence-corrected chi connectivity index (χ3v) is 3.71. The first-order chi connectivity index (χ1) is 10.5. The normalized spacial score (nSPS) is 20.9. The van der Waals surface area contributed by atoms with Gasteiger partial charge in [-0.3, -0.25) is 4.99 Å². The summed E-state index contributed by atoms with van der Waals surface area (Å²) in [5, 5.41) is 2.94. The third kappa shape index (κ3) is 3.58. The van der Waals surface area contributed by atoms with Crippen LogP contribution in [0.5, 0.6) is 11.5 Å². The second-order valence-electron chi connectivity index (χ2n) is 5.69. The number of nitrogens with two attached hydrogens (primary N) is 1. The molecule has 0 unspecified atom stereocenters. The molecule has 3 rings (SSSR count). The van der Waals surface area contributed by atoms with Gasteiger partial charge in [0.1, 0.15) is 0 Å². The number of rotatable bonds is 3. The molecule has 120 valence electrons. The third-order valence-electron chi connectivity index (χ3n) is 3.71. The zero-order valence-electron chi connectivity index (χ0n) is 12.1. The lowest BCUT2D eigenvalue weighted by Crippen LogP contribution is -2.37. The minimum absolute atomic E-state index is 0.0841. The van der Waals surface area contributed by atoms with Crippen molar-refractivity contribution in [2.75, 3.05) is 25.1 Å². The lowest BCUT2D eigenvalue weighted by atomic mass is 9.81. The Bertz CT molecular complexity index is 570. The Kier molecular flexibility index (Phi) is 4.04. The fourth-order valence-electron chi connectivity index (χ4n) is 2.57. The Morgan fingerprint density at radius 1 is 1.27 bits per heavy atom. The molecule has 2 aliphatic rings. The van der Waals surface area contributed by atoms with E-state index in [1.807, 2.05) is 12.1 Å². The molecule has 0 radical (unpaired) electrons. The van der Waals surface area contributed by atoms with E-state index in [2.05, 4.69) is 10.3 Å². The number of nitrogens with zero attached hydrogens (tertiary/aromatic N) is 1. The van der Waals surface area contributed by atoms with Gasteiger partial charge in [0.05, 0.1) is 13.2 Å². The van der Waals surface area contributed by atoms with E-state index in [4.69, 9.17) is 15.2 Å². The zero-order chi connectivity index (χ0) is 15.6. The molecule has 0 spiro atoms. The SMILES string of the molecule is NC(=NCC1CC(F)(F)C1)Nc1ccc2c(c1)OCCCO2. The van der Waals surface area contributed by atoms with Gasteiger partial charge in [0.2, 0.25) is 5.92 Å². The molecule has 0 atom stereocenters. The predicted octanol–water partition coefficient (Wildman–Crippen LogP) is 2.62. The lowest BCUT2D eigenvalue weighted by Gasteiger charge is -2.33. The largest absolute Gasteiger partial charge is 0.490 e. The van der Waals surface area contributed by atoms with Crippen LogP contribution in [0.3, 0.4) is 0 Å². The van der Waals surface area contributed by atoms with Gasteiger partial charge in [-0.15, -0.1) is 0 Å². The van der Waals surface area contributed by atoms with Crippen LogP contribution in [0, 0.1) is 5.92 Å². The monoisotopic (exact) mass is 311 g/mol. The van der Waals surface area contributed by atoms with Gasteiger partial charge in [0, 0.05) is 37.6 Å². The Labute approximate surface area is 127 Å². The maximum Gasteiger partial charge on any atom is 0.248 e. The minimum Gasteiger partial charge on any atom is -0.490 e. The van der Waals surface area contributed by atoms with Gasteiger partial charge in [0.15, 0.2) is 17.5 Å². The van der Waals surface area contributed by atoms with Crippen LogP contribution < -0.4 is 20.5 Å². The van der Waals surface area contributed by atoms with Crippen molar-refractivity contribution in [1.29, 1.82) is 0 Å². The molecule has 5 nitrogen and oxygen atoms in total. The highest BCUT2D eigenvalue weighted by molar-refractivity contribution is 5.92. The van der Waals surface area contributed by atoms with Gasteiger partial charge in [-0.1, -0.05) is 0 Å². The van der Waals surface area contributed by atoms with Gasteiger partial charge >= 0.3 is 0 Å². The summed E-state index contributed by atoms with van der Waals surface area (Å²) in [5.74, 6) is -1.02. The highest BCUT2D eigenvalue weighted by Crippen LogP contribution is 2.42. The second-order valence-corrected chi connectivity index (χ2v) is 5.69. The van der Waals surface area contributed by atoms with Crippen molar-refractivity contribution in [1.82, 2.24) is 0 Å². The number of ether oxygens (including phenoxy) is 2. The maximum atomic E-state index is 12.7. The average Bonchev–Trinajstić information content (AvgIpc) is 2.67. The molecule has 1 aliphatic heterocycles. The molecule has 3 N–H and O–H groups in total. The van der Waals surface area contributed by atoms with Crippen LogP contribution in [0.1, 0.15) is 19.3 Å². The van der Waals surface area contributed by atoms with Crippen LogP contribution in [0.15, 0.2) is 23.2 Å². The Morgan fingerprint density at radius 2 is 2.00 bits per heavy atom. The van der Waals surface area contributed by atoms with Crippen molar-refractivity contribution in [2.45, 2.75) is 25.2 Å². The van der Waals surface area contributed by atoms with Crippen molar-refractivity contribution in [3.63, 3.8) is 0 Å². The molecule has 1 aromatic carbocycles. The number of hydrogen-bond donors (Lipinski definition) is 2. The number of aliphatic imine (C=N–C) groups is 1. The van der Waals surface area contributed by atoms with Crippen molar-refractivity contribution in [2.24, 2.45) is 16.6 Å². The molecule has 7 heteroatoms. The first-order valence-electron chi connectivity index (χ1n) is 7.36. The highest BCUT2D eigenvalue weighted by Gasteiger charge is 2.44. The minimum atomic E-state index is -2.52. The molecule has 1 saturated carbocycles. The van der Waals surface area contributed by atoms with Gasteiger partial charge in [-0.05, 0) is 18.1 Å². The van der Waals surface area contributed by atoms with Crippen LogP contribution in [0.2, 0.25) is 0 Å². The van der Waals surface area contributed by atoms with E-state index in [0.717, 1.165) is 12.1 Å². The van der Waals surface area contributed by atoms with E-state index < -0.39 is 5.92 Å². The average molecular weight is 311 g/mol. The molecular weight excluding hydrogens is 292 g/mol. The first kappa shape index (κ1) is 14.9. The smallest absolute Gasteiger partial charge is 0.248 e. The number of hydrogen-bond acceptors (Lipinski definition) is 3. The summed E-state index contributed by atoms with van der Waals surface area (Å²) in [6.07, 6.45) is 0.634. The lowest BCUT2D eigenvalue weighted by molar-refractivity contribution is -0.107. The summed E-state index contributed by atoms with van der Waals surface area (Å²) in [6, 6.07) is 5.41. The van der Waals surface area contributed by atoms with Crippen LogP contribution in [-0.4, -0.2) is 31.6 Å². The van der Waals surface area contributed by atoms with E-state index in [9.17, 15) is 8.78 Å². The quantitative estimate of drug-likeness (QED) is 0.665. The van der Waals surface area contributed by atoms with Crippen LogP contribution in [0.25, 0.3) is 0 Å². The first-order valence-corrected chi connectivity index (χ1v) is 7.36. The number of guanidine groups is 1. The molecule has 1 aromatic rings. The van der Waals surface area contributed by atoms with E-state index in [0.29, 0.717) is 31.3 Å². The number of alkyl halides is 2. The molecule has 1 aliphatic carbocycles. The number of halogens is 2. The predicted molar refractivity (Wildman–Crippen MR) is 79.8 cm³/mol. The highest BCUT2D eigenvalue weighted by atomic mass is 19.3. The summed E-state index contributed by atoms with van der Waals surface area (Å²) < 4.78 is 36.6. The molecule has 0 bridgehead atoms. The summed E-state index contributed by atoms with van der Waals surface area (Å²) in [4.78, 5) is 4.12. The number of fused-ring (bicyclic) bond motifs is 1. The van der Waals surface area contributed by atoms with Crippen LogP contribution in [-0.2, 0) is 0 Å². The summed E-state index contributed by atoms with van der Waals surface area (Å²) >= 11 is 0. The van der Waals surface area contributed by atoms with Gasteiger partial charge in [-0.2, -0.15) is 0 Å². The molecule has 22 heavy (non-hydrogen) atoms. The molecule has 0 amide bonds. The number of benzene rings is 1. The Hall–Kier alpha value is -2.05. The van der Waals surface area contributed by atoms with Gasteiger partial charge < -0.3 is 20.5 Å². The van der Waals surface area contributed by atoms with E-state index in [-0.39, 0.29) is 24.7 Å². The standard InChI is InChI=1S/C15H19F2N3O2/c16-15(17)7-10(8-15)9-19-14(18)20-11-2-3-12-13(6-11)22-5-1-4-21-12/h2-3,6,10H,1,4-5,7-9H2,(H3,18,19,20). The summed E-state index contributed by atoms with van der Waals surface area (Å²) in [7, 11) is 0. The van der Waals surface area contributed by atoms with Crippen molar-refractivity contribution < 1.29 is 18.3 Å². The molecule has 1 heterocycles. The van der Waals surface area contributed by atoms with Crippen molar-refractivity contribution >= 4 is 11.6 Å². The fourth-order valence-corrected chi connectivity index (χ4v) is 2.57. The summed E-state index contributed by atoms with van der Waals surface area (Å²) in [5.41, 5.74) is 6.51. The van der Waals surface area contributed by atoms with Crippen molar-refractivity contribution in [3.05, 3.63) is 18.2 Å². The summed E-state index contributed by atoms with van der Waals surface area (Å²) in [6.45, 7) is 1.56. The van der Waals surface area contributed by atoms with E-state index in [1.54, 1.807) is 6.07 Å². The second kappa shape index (κ2) is 5.98. The number of anilines is 1. The zero-order valence-corrected chi connectivity index (χ0v) is 12.1. The topological polar surface area (TPSA) is 68.9 Å². The number of nitrogens with one attached hydrogen (secondary N) is 1.